The van der Waals surface area contributed by atoms with E-state index in [2.05, 4.69) is 14.8 Å². The summed E-state index contributed by atoms with van der Waals surface area (Å²) in [5, 5.41) is 0. The average molecular weight is 414 g/mol. The summed E-state index contributed by atoms with van der Waals surface area (Å²) in [7, 11) is 0. The topological polar surface area (TPSA) is 61.8 Å². The monoisotopic (exact) mass is 413 g/mol. The summed E-state index contributed by atoms with van der Waals surface area (Å²) < 4.78 is 5.45. The number of carbonyl (C=O) groups excluding carboxylic acids is 1. The van der Waals surface area contributed by atoms with E-state index in [0.29, 0.717) is 13.1 Å². The van der Waals surface area contributed by atoms with Crippen molar-refractivity contribution in [2.24, 2.45) is 0 Å². The molecule has 0 aliphatic carbocycles. The molecule has 0 N–H and O–H groups in total. The van der Waals surface area contributed by atoms with E-state index in [9.17, 15) is 4.79 Å². The Hall–Kier alpha value is -2.32. The summed E-state index contributed by atoms with van der Waals surface area (Å²) in [5.41, 5.74) is 1.71. The van der Waals surface area contributed by atoms with Gasteiger partial charge in [-0.25, -0.2) is 4.98 Å². The second-order valence-electron chi connectivity index (χ2n) is 7.27. The number of carbonyl (C=O) groups is 1. The average Bonchev–Trinajstić information content (AvgIpc) is 2.79. The molecule has 154 valence electrons. The van der Waals surface area contributed by atoms with Crippen molar-refractivity contribution >= 4 is 29.4 Å². The first-order chi connectivity index (χ1) is 14.1. The van der Waals surface area contributed by atoms with Crippen LogP contribution in [0, 0.1) is 6.92 Å². The van der Waals surface area contributed by atoms with Crippen molar-refractivity contribution in [3.63, 3.8) is 0 Å². The maximum atomic E-state index is 12.8. The molecule has 2 saturated heterocycles. The third-order valence-electron chi connectivity index (χ3n) is 5.35. The van der Waals surface area contributed by atoms with Crippen molar-refractivity contribution in [2.45, 2.75) is 11.8 Å². The van der Waals surface area contributed by atoms with Gasteiger partial charge in [0.2, 0.25) is 5.95 Å². The maximum Gasteiger partial charge on any atom is 0.253 e. The van der Waals surface area contributed by atoms with Crippen LogP contribution in [0.4, 0.5) is 11.8 Å². The summed E-state index contributed by atoms with van der Waals surface area (Å²) in [4.78, 5) is 29.8. The zero-order chi connectivity index (χ0) is 20.2. The molecule has 0 radical (unpaired) electrons. The Balaban J connectivity index is 1.41. The molecule has 2 fully saturated rings. The van der Waals surface area contributed by atoms with E-state index < -0.39 is 0 Å². The Morgan fingerprint density at radius 1 is 0.966 bits per heavy atom. The minimum absolute atomic E-state index is 0.0940. The largest absolute Gasteiger partial charge is 0.378 e. The van der Waals surface area contributed by atoms with E-state index in [1.54, 1.807) is 11.8 Å². The molecule has 0 saturated carbocycles. The third kappa shape index (κ3) is 4.64. The van der Waals surface area contributed by atoms with Crippen LogP contribution in [0.25, 0.3) is 0 Å². The fraction of sp³-hybridized carbons (Fsp3) is 0.476. The molecule has 2 aliphatic rings. The zero-order valence-corrected chi connectivity index (χ0v) is 17.8. The highest BCUT2D eigenvalue weighted by Crippen LogP contribution is 2.21. The summed E-state index contributed by atoms with van der Waals surface area (Å²) in [6.45, 7) is 8.00. The van der Waals surface area contributed by atoms with Crippen molar-refractivity contribution in [2.75, 3.05) is 68.5 Å². The van der Waals surface area contributed by atoms with Gasteiger partial charge < -0.3 is 19.4 Å². The first-order valence-corrected chi connectivity index (χ1v) is 11.2. The third-order valence-corrected chi connectivity index (χ3v) is 6.09. The van der Waals surface area contributed by atoms with Crippen LogP contribution in [0.15, 0.2) is 35.2 Å². The number of aromatic nitrogens is 2. The van der Waals surface area contributed by atoms with Crippen LogP contribution in [0.1, 0.15) is 16.1 Å². The number of morpholine rings is 1. The van der Waals surface area contributed by atoms with Crippen LogP contribution >= 0.6 is 11.8 Å². The van der Waals surface area contributed by atoms with Crippen LogP contribution in [0.2, 0.25) is 0 Å². The van der Waals surface area contributed by atoms with Gasteiger partial charge in [0.25, 0.3) is 5.91 Å². The molecule has 1 aromatic heterocycles. The lowest BCUT2D eigenvalue weighted by Gasteiger charge is -2.35. The number of hydrogen-bond donors (Lipinski definition) is 0. The highest BCUT2D eigenvalue weighted by molar-refractivity contribution is 7.98. The van der Waals surface area contributed by atoms with Crippen LogP contribution in [-0.4, -0.2) is 79.5 Å². The second-order valence-corrected chi connectivity index (χ2v) is 8.15. The number of amides is 1. The fourth-order valence-electron chi connectivity index (χ4n) is 3.66. The molecule has 2 aliphatic heterocycles. The smallest absolute Gasteiger partial charge is 0.253 e. The SMILES string of the molecule is CSc1ccc(C(=O)N2CCN(c3nc(C)cc(N4CCOCC4)n3)CC2)cc1. The standard InChI is InChI=1S/C21H27N5O2S/c1-16-15-19(24-11-13-28-14-12-24)23-21(22-16)26-9-7-25(8-10-26)20(27)17-3-5-18(29-2)6-4-17/h3-6,15H,7-14H2,1-2H3. The number of thioether (sulfide) groups is 1. The van der Waals surface area contributed by atoms with E-state index in [0.717, 1.165) is 62.4 Å². The molecule has 0 bridgehead atoms. The highest BCUT2D eigenvalue weighted by atomic mass is 32.2. The minimum atomic E-state index is 0.0940. The number of ether oxygens (including phenoxy) is 1. The van der Waals surface area contributed by atoms with Gasteiger partial charge in [-0.05, 0) is 37.4 Å². The first-order valence-electron chi connectivity index (χ1n) is 10.0. The Bertz CT molecular complexity index is 847. The van der Waals surface area contributed by atoms with Crippen LogP contribution < -0.4 is 9.80 Å². The lowest BCUT2D eigenvalue weighted by atomic mass is 10.2. The number of anilines is 2. The Morgan fingerprint density at radius 3 is 2.31 bits per heavy atom. The predicted octanol–water partition coefficient (Wildman–Crippen LogP) is 2.31. The van der Waals surface area contributed by atoms with E-state index in [4.69, 9.17) is 9.72 Å². The van der Waals surface area contributed by atoms with Crippen molar-refractivity contribution in [3.05, 3.63) is 41.6 Å². The first kappa shape index (κ1) is 20.0. The van der Waals surface area contributed by atoms with Gasteiger partial charge in [-0.15, -0.1) is 11.8 Å². The minimum Gasteiger partial charge on any atom is -0.378 e. The van der Waals surface area contributed by atoms with Gasteiger partial charge in [-0.3, -0.25) is 4.79 Å². The van der Waals surface area contributed by atoms with Crippen molar-refractivity contribution in [3.8, 4) is 0 Å². The van der Waals surface area contributed by atoms with Crippen LogP contribution in [-0.2, 0) is 4.74 Å². The summed E-state index contributed by atoms with van der Waals surface area (Å²) in [6.07, 6.45) is 2.04. The fourth-order valence-corrected chi connectivity index (χ4v) is 4.07. The van der Waals surface area contributed by atoms with Gasteiger partial charge in [0.1, 0.15) is 5.82 Å². The van der Waals surface area contributed by atoms with E-state index >= 15 is 0 Å². The number of rotatable bonds is 4. The molecule has 29 heavy (non-hydrogen) atoms. The predicted molar refractivity (Wildman–Crippen MR) is 116 cm³/mol. The molecule has 0 spiro atoms. The van der Waals surface area contributed by atoms with E-state index in [1.165, 1.54) is 4.90 Å². The van der Waals surface area contributed by atoms with E-state index in [1.807, 2.05) is 48.4 Å². The molecule has 3 heterocycles. The van der Waals surface area contributed by atoms with Gasteiger partial charge in [0, 0.05) is 61.5 Å². The number of piperazine rings is 1. The zero-order valence-electron chi connectivity index (χ0n) is 17.0. The molecule has 1 aromatic carbocycles. The molecule has 8 heteroatoms. The Kier molecular flexibility index (Phi) is 6.20. The molecule has 0 atom stereocenters. The van der Waals surface area contributed by atoms with E-state index in [-0.39, 0.29) is 5.91 Å². The van der Waals surface area contributed by atoms with Gasteiger partial charge >= 0.3 is 0 Å². The van der Waals surface area contributed by atoms with Gasteiger partial charge in [0.05, 0.1) is 13.2 Å². The van der Waals surface area contributed by atoms with Gasteiger partial charge in [0.15, 0.2) is 0 Å². The van der Waals surface area contributed by atoms with Crippen molar-refractivity contribution < 1.29 is 9.53 Å². The summed E-state index contributed by atoms with van der Waals surface area (Å²) >= 11 is 1.68. The molecular formula is C21H27N5O2S. The Labute approximate surface area is 176 Å². The molecule has 2 aromatic rings. The van der Waals surface area contributed by atoms with Crippen molar-refractivity contribution in [1.82, 2.24) is 14.9 Å². The number of benzene rings is 1. The number of aryl methyl sites for hydroxylation is 1. The van der Waals surface area contributed by atoms with Gasteiger partial charge in [-0.2, -0.15) is 4.98 Å². The lowest BCUT2D eigenvalue weighted by Crippen LogP contribution is -2.49. The highest BCUT2D eigenvalue weighted by Gasteiger charge is 2.24. The lowest BCUT2D eigenvalue weighted by molar-refractivity contribution is 0.0746. The van der Waals surface area contributed by atoms with Gasteiger partial charge in [-0.1, -0.05) is 0 Å². The van der Waals surface area contributed by atoms with Crippen LogP contribution in [0.5, 0.6) is 0 Å². The van der Waals surface area contributed by atoms with Crippen LogP contribution in [0.3, 0.4) is 0 Å². The molecule has 0 unspecified atom stereocenters. The second kappa shape index (κ2) is 9.00. The molecule has 1 amide bonds. The Morgan fingerprint density at radius 2 is 1.66 bits per heavy atom. The number of nitrogens with zero attached hydrogens (tertiary/aromatic N) is 5. The quantitative estimate of drug-likeness (QED) is 0.713. The maximum absolute atomic E-state index is 12.8. The number of hydrogen-bond acceptors (Lipinski definition) is 7. The normalized spacial score (nSPS) is 17.5. The molecular weight excluding hydrogens is 386 g/mol. The molecule has 7 nitrogen and oxygen atoms in total. The van der Waals surface area contributed by atoms with Crippen molar-refractivity contribution in [1.29, 1.82) is 0 Å². The summed E-state index contributed by atoms with van der Waals surface area (Å²) in [6, 6.07) is 9.87. The summed E-state index contributed by atoms with van der Waals surface area (Å²) in [5.74, 6) is 1.81. The molecule has 4 rings (SSSR count).